The van der Waals surface area contributed by atoms with Crippen molar-refractivity contribution in [3.05, 3.63) is 72.3 Å². The summed E-state index contributed by atoms with van der Waals surface area (Å²) in [7, 11) is -14.3. The standard InChI is InChI=1S/C40H47O18P3/c41-19-35-34(18-33(55-35)24-10-11-29-27-7-2-5-23-4-1-6-26(39(23)27)28-9-3-8-25(24)40(28)29)58-61(47,48)54-22-38-32(14-17-51-38)57-60(45,46)53-21-37-31(13-16-50-37)56-59(43,44)52-20-36-30(42)12-15-49-36/h1-11,30-38,41-42H,12-22H2,(H,43,44)(H,45,46)(H,47,48)/t30-,31-,32-,33+,34-,35+,36+,37+,38+/m0/s1. The van der Waals surface area contributed by atoms with E-state index in [1.165, 1.54) is 5.39 Å². The molecule has 3 unspecified atom stereocenters. The summed E-state index contributed by atoms with van der Waals surface area (Å²) in [6.45, 7) is -1.52. The average molecular weight is 909 g/mol. The van der Waals surface area contributed by atoms with E-state index in [-0.39, 0.29) is 45.7 Å². The van der Waals surface area contributed by atoms with Crippen molar-refractivity contribution in [2.45, 2.75) is 80.6 Å². The van der Waals surface area contributed by atoms with E-state index < -0.39 is 98.2 Å². The van der Waals surface area contributed by atoms with Crippen LogP contribution in [0.25, 0.3) is 43.1 Å². The minimum absolute atomic E-state index is 0.0750. The van der Waals surface area contributed by atoms with Crippen LogP contribution in [0.15, 0.2) is 66.7 Å². The Bertz CT molecular complexity index is 2450. The number of phosphoric ester groups is 3. The Kier molecular flexibility index (Phi) is 12.8. The average Bonchev–Trinajstić information content (AvgIpc) is 4.05. The van der Waals surface area contributed by atoms with Crippen molar-refractivity contribution < 1.29 is 84.7 Å². The van der Waals surface area contributed by atoms with Gasteiger partial charge in [-0.1, -0.05) is 66.7 Å². The van der Waals surface area contributed by atoms with E-state index in [9.17, 15) is 38.6 Å². The van der Waals surface area contributed by atoms with E-state index in [4.69, 9.17) is 46.1 Å². The minimum atomic E-state index is -4.82. The first-order valence-electron chi connectivity index (χ1n) is 20.1. The third-order valence-electron chi connectivity index (χ3n) is 11.8. The zero-order valence-electron chi connectivity index (χ0n) is 32.7. The fourth-order valence-electron chi connectivity index (χ4n) is 8.85. The smallest absolute Gasteiger partial charge is 0.394 e. The van der Waals surface area contributed by atoms with Gasteiger partial charge in [-0.25, -0.2) is 13.7 Å². The van der Waals surface area contributed by atoms with E-state index >= 15 is 0 Å². The molecule has 0 saturated carbocycles. The second-order valence-electron chi connectivity index (χ2n) is 15.6. The minimum Gasteiger partial charge on any atom is -0.394 e. The molecule has 0 aliphatic carbocycles. The Hall–Kier alpha value is -2.51. The third-order valence-corrected chi connectivity index (χ3v) is 14.8. The van der Waals surface area contributed by atoms with Crippen molar-refractivity contribution in [3.63, 3.8) is 0 Å². The summed E-state index contributed by atoms with van der Waals surface area (Å²) in [6.07, 6.45) is -7.62. The highest BCUT2D eigenvalue weighted by atomic mass is 31.2. The zero-order chi connectivity index (χ0) is 42.5. The predicted molar refractivity (Wildman–Crippen MR) is 218 cm³/mol. The van der Waals surface area contributed by atoms with Gasteiger partial charge >= 0.3 is 23.5 Å². The van der Waals surface area contributed by atoms with Crippen LogP contribution < -0.4 is 0 Å². The molecule has 12 atom stereocenters. The van der Waals surface area contributed by atoms with Gasteiger partial charge in [0.05, 0.1) is 38.6 Å². The molecule has 4 fully saturated rings. The van der Waals surface area contributed by atoms with E-state index in [0.29, 0.717) is 6.42 Å². The Morgan fingerprint density at radius 3 is 1.59 bits per heavy atom. The van der Waals surface area contributed by atoms with Gasteiger partial charge in [0.15, 0.2) is 0 Å². The van der Waals surface area contributed by atoms with Crippen LogP contribution in [-0.4, -0.2) is 120 Å². The Labute approximate surface area is 349 Å². The second kappa shape index (κ2) is 17.8. The summed E-state index contributed by atoms with van der Waals surface area (Å²) in [4.78, 5) is 31.6. The molecule has 330 valence electrons. The number of fused-ring (bicyclic) bond motifs is 2. The molecule has 4 heterocycles. The topological polar surface area (TPSA) is 245 Å². The summed E-state index contributed by atoms with van der Waals surface area (Å²) < 4.78 is 93.2. The molecule has 5 N–H and O–H groups in total. The van der Waals surface area contributed by atoms with Gasteiger partial charge in [-0.2, -0.15) is 0 Å². The number of aliphatic hydroxyl groups excluding tert-OH is 2. The molecule has 5 aromatic rings. The molecule has 0 bridgehead atoms. The molecule has 4 saturated heterocycles. The lowest BCUT2D eigenvalue weighted by Gasteiger charge is -2.25. The van der Waals surface area contributed by atoms with Crippen LogP contribution in [0.1, 0.15) is 37.4 Å². The molecule has 5 aromatic carbocycles. The molecule has 9 rings (SSSR count). The van der Waals surface area contributed by atoms with E-state index in [1.807, 2.05) is 30.3 Å². The maximum atomic E-state index is 13.3. The highest BCUT2D eigenvalue weighted by Gasteiger charge is 2.44. The first kappa shape index (κ1) is 43.7. The number of benzene rings is 5. The lowest BCUT2D eigenvalue weighted by molar-refractivity contribution is -0.0345. The van der Waals surface area contributed by atoms with E-state index in [2.05, 4.69) is 36.4 Å². The normalized spacial score (nSPS) is 31.4. The summed E-state index contributed by atoms with van der Waals surface area (Å²) in [5, 5.41) is 28.9. The van der Waals surface area contributed by atoms with Gasteiger partial charge in [0.25, 0.3) is 0 Å². The maximum absolute atomic E-state index is 13.3. The zero-order valence-corrected chi connectivity index (χ0v) is 35.4. The fourth-order valence-corrected chi connectivity index (χ4v) is 11.8. The molecule has 0 spiro atoms. The summed E-state index contributed by atoms with van der Waals surface area (Å²) >= 11 is 0. The largest absolute Gasteiger partial charge is 0.472 e. The van der Waals surface area contributed by atoms with Crippen molar-refractivity contribution in [1.82, 2.24) is 0 Å². The van der Waals surface area contributed by atoms with Crippen LogP contribution in [-0.2, 0) is 59.8 Å². The molecular formula is C40H47O18P3. The van der Waals surface area contributed by atoms with Crippen LogP contribution >= 0.6 is 23.5 Å². The predicted octanol–water partition coefficient (Wildman–Crippen LogP) is 5.79. The highest BCUT2D eigenvalue weighted by molar-refractivity contribution is 7.48. The van der Waals surface area contributed by atoms with Crippen molar-refractivity contribution >= 4 is 66.6 Å². The van der Waals surface area contributed by atoms with Gasteiger partial charge in [-0.3, -0.25) is 27.1 Å². The molecule has 4 aliphatic rings. The van der Waals surface area contributed by atoms with Crippen molar-refractivity contribution in [2.75, 3.05) is 46.2 Å². The fraction of sp³-hybridized carbons (Fsp3) is 0.500. The van der Waals surface area contributed by atoms with Crippen LogP contribution in [0.2, 0.25) is 0 Å². The summed E-state index contributed by atoms with van der Waals surface area (Å²) in [5.74, 6) is 0. The van der Waals surface area contributed by atoms with Gasteiger partial charge < -0.3 is 43.8 Å². The number of aliphatic hydroxyl groups is 2. The molecule has 18 nitrogen and oxygen atoms in total. The Morgan fingerprint density at radius 2 is 1.03 bits per heavy atom. The molecule has 0 radical (unpaired) electrons. The summed E-state index contributed by atoms with van der Waals surface area (Å²) in [5.41, 5.74) is 0.844. The van der Waals surface area contributed by atoms with Gasteiger partial charge in [0.1, 0.15) is 42.7 Å². The number of phosphoric acid groups is 3. The van der Waals surface area contributed by atoms with Gasteiger partial charge in [-0.05, 0) is 55.1 Å². The first-order valence-corrected chi connectivity index (χ1v) is 24.6. The third kappa shape index (κ3) is 9.36. The van der Waals surface area contributed by atoms with Gasteiger partial charge in [0, 0.05) is 39.1 Å². The van der Waals surface area contributed by atoms with E-state index in [1.54, 1.807) is 0 Å². The SMILES string of the molecule is O=P(O)(OC[C@H]1OCC[C@@H]1O)O[C@H]1CCO[C@@H]1COP(=O)(O)O[C@H]1CCO[C@@H]1COP(=O)(O)O[C@H]1C[C@H](c2ccc3c4cccc5cccc(c6cccc2c63)c54)O[C@@H]1CO. The number of hydrogen-bond donors (Lipinski definition) is 5. The van der Waals surface area contributed by atoms with Crippen molar-refractivity contribution in [2.24, 2.45) is 0 Å². The highest BCUT2D eigenvalue weighted by Crippen LogP contribution is 2.53. The Morgan fingerprint density at radius 1 is 0.557 bits per heavy atom. The molecule has 61 heavy (non-hydrogen) atoms. The van der Waals surface area contributed by atoms with Crippen LogP contribution in [0.5, 0.6) is 0 Å². The lowest BCUT2D eigenvalue weighted by Crippen LogP contribution is -2.31. The van der Waals surface area contributed by atoms with Crippen LogP contribution in [0.4, 0.5) is 0 Å². The van der Waals surface area contributed by atoms with Gasteiger partial charge in [-0.15, -0.1) is 0 Å². The van der Waals surface area contributed by atoms with Crippen LogP contribution in [0.3, 0.4) is 0 Å². The number of ether oxygens (including phenoxy) is 4. The quantitative estimate of drug-likeness (QED) is 0.0421. The van der Waals surface area contributed by atoms with Crippen molar-refractivity contribution in [3.8, 4) is 0 Å². The van der Waals surface area contributed by atoms with Gasteiger partial charge in [0.2, 0.25) is 0 Å². The van der Waals surface area contributed by atoms with Crippen molar-refractivity contribution in [1.29, 1.82) is 0 Å². The lowest BCUT2D eigenvalue weighted by atomic mass is 9.87. The number of rotatable bonds is 17. The monoisotopic (exact) mass is 908 g/mol. The molecule has 4 aliphatic heterocycles. The second-order valence-corrected chi connectivity index (χ2v) is 19.8. The maximum Gasteiger partial charge on any atom is 0.472 e. The van der Waals surface area contributed by atoms with Crippen LogP contribution in [0, 0.1) is 0 Å². The van der Waals surface area contributed by atoms with E-state index in [0.717, 1.165) is 43.3 Å². The molecular weight excluding hydrogens is 861 g/mol. The Balaban J connectivity index is 0.799. The summed E-state index contributed by atoms with van der Waals surface area (Å²) in [6, 6.07) is 22.7. The number of hydrogen-bond acceptors (Lipinski definition) is 15. The molecule has 0 amide bonds. The molecule has 21 heteroatoms. The first-order chi connectivity index (χ1) is 29.3. The molecule has 0 aromatic heterocycles.